The number of rotatable bonds is 8. The zero-order valence-corrected chi connectivity index (χ0v) is 24.8. The molecule has 2 aromatic heterocycles. The topological polar surface area (TPSA) is 70.2 Å². The Kier molecular flexibility index (Phi) is 8.57. The van der Waals surface area contributed by atoms with Crippen LogP contribution in [0.2, 0.25) is 0 Å². The van der Waals surface area contributed by atoms with E-state index in [1.807, 2.05) is 52.1 Å². The van der Waals surface area contributed by atoms with Gasteiger partial charge in [-0.05, 0) is 107 Å². The maximum absolute atomic E-state index is 12.8. The number of benzene rings is 2. The van der Waals surface area contributed by atoms with Gasteiger partial charge in [0.15, 0.2) is 0 Å². The lowest BCUT2D eigenvalue weighted by Gasteiger charge is -2.26. The average molecular weight is 560 g/mol. The Morgan fingerprint density at radius 2 is 1.72 bits per heavy atom. The van der Waals surface area contributed by atoms with Crippen molar-refractivity contribution in [3.63, 3.8) is 0 Å². The smallest absolute Gasteiger partial charge is 0.227 e. The summed E-state index contributed by atoms with van der Waals surface area (Å²) in [6.07, 6.45) is 5.84. The number of likely N-dealkylation sites (tertiary alicyclic amines) is 1. The zero-order valence-electron chi connectivity index (χ0n) is 23.2. The van der Waals surface area contributed by atoms with Gasteiger partial charge in [-0.1, -0.05) is 30.7 Å². The highest BCUT2D eigenvalue weighted by Gasteiger charge is 2.16. The second kappa shape index (κ2) is 12.1. The summed E-state index contributed by atoms with van der Waals surface area (Å²) in [6.45, 7) is 11.5. The van der Waals surface area contributed by atoms with Gasteiger partial charge in [-0.3, -0.25) is 4.90 Å². The first-order chi connectivity index (χ1) is 18.7. The Morgan fingerprint density at radius 1 is 0.974 bits per heavy atom. The summed E-state index contributed by atoms with van der Waals surface area (Å²) < 4.78 is 15.9. The van der Waals surface area contributed by atoms with E-state index in [2.05, 4.69) is 62.4 Å². The van der Waals surface area contributed by atoms with E-state index < -0.39 is 11.0 Å². The van der Waals surface area contributed by atoms with Crippen LogP contribution >= 0.6 is 11.3 Å². The maximum Gasteiger partial charge on any atom is 0.227 e. The fourth-order valence-corrected chi connectivity index (χ4v) is 6.84. The Morgan fingerprint density at radius 3 is 2.46 bits per heavy atom. The molecule has 2 aromatic carbocycles. The zero-order chi connectivity index (χ0) is 27.4. The molecule has 39 heavy (non-hydrogen) atoms. The number of nitrogens with zero attached hydrogens (tertiary/aromatic N) is 3. The molecule has 8 heteroatoms. The molecule has 1 atom stereocenters. The number of anilines is 2. The monoisotopic (exact) mass is 559 g/mol. The summed E-state index contributed by atoms with van der Waals surface area (Å²) in [5.74, 6) is 0.583. The minimum Gasteiger partial charge on any atom is -0.324 e. The molecule has 1 unspecified atom stereocenters. The van der Waals surface area contributed by atoms with E-state index in [0.29, 0.717) is 5.95 Å². The van der Waals surface area contributed by atoms with Crippen molar-refractivity contribution in [1.82, 2.24) is 19.6 Å². The van der Waals surface area contributed by atoms with Gasteiger partial charge in [0.25, 0.3) is 0 Å². The van der Waals surface area contributed by atoms with E-state index in [-0.39, 0.29) is 5.54 Å². The summed E-state index contributed by atoms with van der Waals surface area (Å²) in [5.41, 5.74) is 5.06. The Balaban J connectivity index is 1.30. The Labute approximate surface area is 238 Å². The van der Waals surface area contributed by atoms with Gasteiger partial charge in [0.1, 0.15) is 11.0 Å². The van der Waals surface area contributed by atoms with Crippen LogP contribution in [0.15, 0.2) is 71.8 Å². The van der Waals surface area contributed by atoms with Crippen LogP contribution in [0.1, 0.15) is 51.2 Å². The van der Waals surface area contributed by atoms with Gasteiger partial charge in [-0.2, -0.15) is 0 Å². The third kappa shape index (κ3) is 7.39. The fourth-order valence-electron chi connectivity index (χ4n) is 4.67. The number of thiophene rings is 1. The molecule has 6 nitrogen and oxygen atoms in total. The number of aryl methyl sites for hydroxylation is 1. The molecule has 3 heterocycles. The van der Waals surface area contributed by atoms with Crippen LogP contribution in [0.3, 0.4) is 0 Å². The molecule has 4 aromatic rings. The average Bonchev–Trinajstić information content (AvgIpc) is 3.41. The fraction of sp³-hybridized carbons (Fsp3) is 0.355. The van der Waals surface area contributed by atoms with Gasteiger partial charge < -0.3 is 5.32 Å². The van der Waals surface area contributed by atoms with Gasteiger partial charge >= 0.3 is 0 Å². The molecule has 5 rings (SSSR count). The molecule has 1 fully saturated rings. The number of hydrogen-bond donors (Lipinski definition) is 2. The van der Waals surface area contributed by atoms with Crippen LogP contribution in [-0.4, -0.2) is 37.7 Å². The van der Waals surface area contributed by atoms with Crippen LogP contribution in [0.25, 0.3) is 21.0 Å². The summed E-state index contributed by atoms with van der Waals surface area (Å²) >= 11 is 1.68. The lowest BCUT2D eigenvalue weighted by molar-refractivity contribution is 0.221. The van der Waals surface area contributed by atoms with Crippen molar-refractivity contribution in [2.45, 2.75) is 63.9 Å². The first-order valence-electron chi connectivity index (χ1n) is 13.6. The minimum atomic E-state index is -1.27. The molecular formula is C31H37N5OS2. The normalized spacial score (nSPS) is 15.3. The molecule has 1 saturated heterocycles. The largest absolute Gasteiger partial charge is 0.324 e. The van der Waals surface area contributed by atoms with Crippen molar-refractivity contribution >= 4 is 34.0 Å². The second-order valence-corrected chi connectivity index (χ2v) is 13.5. The summed E-state index contributed by atoms with van der Waals surface area (Å²) in [4.78, 5) is 14.9. The van der Waals surface area contributed by atoms with Crippen molar-refractivity contribution in [1.29, 1.82) is 0 Å². The molecule has 0 bridgehead atoms. The molecular weight excluding hydrogens is 523 g/mol. The number of nitrogens with one attached hydrogen (secondary N) is 2. The summed E-state index contributed by atoms with van der Waals surface area (Å²) in [7, 11) is -1.27. The highest BCUT2D eigenvalue weighted by molar-refractivity contribution is 7.83. The van der Waals surface area contributed by atoms with Crippen LogP contribution in [-0.2, 0) is 17.5 Å². The van der Waals surface area contributed by atoms with E-state index in [4.69, 9.17) is 4.98 Å². The van der Waals surface area contributed by atoms with Crippen LogP contribution < -0.4 is 10.0 Å². The molecule has 0 amide bonds. The van der Waals surface area contributed by atoms with Crippen LogP contribution in [0.5, 0.6) is 0 Å². The molecule has 1 aliphatic rings. The van der Waals surface area contributed by atoms with Crippen molar-refractivity contribution < 1.29 is 4.21 Å². The Hall–Kier alpha value is -2.91. The SMILES string of the molecule is Cc1cnc(Nc2ccc(CN3CCCCC3)cc2)nc1-c1ccc(-c2cccc(S(=O)NC(C)(C)C)c2)s1. The predicted molar refractivity (Wildman–Crippen MR) is 164 cm³/mol. The lowest BCUT2D eigenvalue weighted by Crippen LogP contribution is -2.37. The quantitative estimate of drug-likeness (QED) is 0.237. The first kappa shape index (κ1) is 27.6. The standard InChI is InChI=1S/C31H37N5OS2/c1-22-20-32-30(33-25-13-11-23(12-14-25)21-36-17-6-5-7-18-36)34-29(22)28-16-15-27(38-28)24-9-8-10-26(19-24)39(37)35-31(2,3)4/h8-16,19-20,35H,5-7,17-18,21H2,1-4H3,(H,32,33,34). The van der Waals surface area contributed by atoms with E-state index in [1.54, 1.807) is 11.3 Å². The molecule has 0 radical (unpaired) electrons. The van der Waals surface area contributed by atoms with E-state index in [0.717, 1.165) is 43.7 Å². The lowest BCUT2D eigenvalue weighted by atomic mass is 10.1. The van der Waals surface area contributed by atoms with Crippen molar-refractivity contribution in [3.05, 3.63) is 78.0 Å². The Bertz CT molecular complexity index is 1440. The van der Waals surface area contributed by atoms with Gasteiger partial charge in [0.05, 0.1) is 15.5 Å². The summed E-state index contributed by atoms with van der Waals surface area (Å²) in [5, 5.41) is 3.38. The van der Waals surface area contributed by atoms with Gasteiger partial charge in [0.2, 0.25) is 5.95 Å². The van der Waals surface area contributed by atoms with Crippen molar-refractivity contribution in [2.75, 3.05) is 18.4 Å². The van der Waals surface area contributed by atoms with Gasteiger partial charge in [-0.15, -0.1) is 11.3 Å². The molecule has 0 spiro atoms. The van der Waals surface area contributed by atoms with Crippen LogP contribution in [0, 0.1) is 6.92 Å². The van der Waals surface area contributed by atoms with E-state index >= 15 is 0 Å². The number of piperidine rings is 1. The highest BCUT2D eigenvalue weighted by Crippen LogP contribution is 2.36. The predicted octanol–water partition coefficient (Wildman–Crippen LogP) is 7.32. The van der Waals surface area contributed by atoms with Crippen molar-refractivity contribution in [3.8, 4) is 21.0 Å². The highest BCUT2D eigenvalue weighted by atomic mass is 32.2. The second-order valence-electron chi connectivity index (χ2n) is 11.2. The molecule has 0 saturated carbocycles. The van der Waals surface area contributed by atoms with Gasteiger partial charge in [0, 0.05) is 28.8 Å². The molecule has 204 valence electrons. The number of aromatic nitrogens is 2. The van der Waals surface area contributed by atoms with E-state index in [1.165, 1.54) is 37.9 Å². The number of hydrogen-bond acceptors (Lipinski definition) is 6. The third-order valence-electron chi connectivity index (χ3n) is 6.61. The molecule has 1 aliphatic heterocycles. The van der Waals surface area contributed by atoms with E-state index in [9.17, 15) is 4.21 Å². The molecule has 0 aliphatic carbocycles. The maximum atomic E-state index is 12.8. The van der Waals surface area contributed by atoms with Crippen molar-refractivity contribution in [2.24, 2.45) is 0 Å². The minimum absolute atomic E-state index is 0.234. The first-order valence-corrected chi connectivity index (χ1v) is 15.5. The molecule has 2 N–H and O–H groups in total. The van der Waals surface area contributed by atoms with Gasteiger partial charge in [-0.25, -0.2) is 18.9 Å². The third-order valence-corrected chi connectivity index (χ3v) is 9.23. The summed E-state index contributed by atoms with van der Waals surface area (Å²) in [6, 6.07) is 20.7. The van der Waals surface area contributed by atoms with Crippen LogP contribution in [0.4, 0.5) is 11.6 Å².